The Bertz CT molecular complexity index is 541. The van der Waals surface area contributed by atoms with Gasteiger partial charge in [0, 0.05) is 24.8 Å². The molecule has 0 aromatic rings. The zero-order valence-electron chi connectivity index (χ0n) is 14.8. The Kier molecular flexibility index (Phi) is 9.32. The van der Waals surface area contributed by atoms with Crippen LogP contribution in [0, 0.1) is 0 Å². The van der Waals surface area contributed by atoms with E-state index in [9.17, 15) is 14.4 Å². The molecule has 4 atom stereocenters. The van der Waals surface area contributed by atoms with E-state index in [-0.39, 0.29) is 13.2 Å². The lowest BCUT2D eigenvalue weighted by molar-refractivity contribution is -0.229. The molecule has 0 spiro atoms. The van der Waals surface area contributed by atoms with Crippen molar-refractivity contribution in [2.75, 3.05) is 19.8 Å². The maximum atomic E-state index is 11.7. The summed E-state index contributed by atoms with van der Waals surface area (Å²) in [5, 5.41) is 0. The van der Waals surface area contributed by atoms with E-state index in [1.807, 2.05) is 6.92 Å². The summed E-state index contributed by atoms with van der Waals surface area (Å²) < 4.78 is 26.8. The van der Waals surface area contributed by atoms with Gasteiger partial charge in [-0.1, -0.05) is 26.7 Å². The van der Waals surface area contributed by atoms with Crippen LogP contribution in [0.2, 0.25) is 0 Å². The molecule has 0 aromatic heterocycles. The topological polar surface area (TPSA) is 97.4 Å². The van der Waals surface area contributed by atoms with Gasteiger partial charge in [-0.25, -0.2) is 14.4 Å². The van der Waals surface area contributed by atoms with Gasteiger partial charge >= 0.3 is 17.9 Å². The van der Waals surface area contributed by atoms with Crippen LogP contribution in [-0.4, -0.2) is 62.1 Å². The van der Waals surface area contributed by atoms with Crippen molar-refractivity contribution in [3.8, 4) is 0 Å². The molecule has 0 amide bonds. The van der Waals surface area contributed by atoms with Crippen LogP contribution < -0.4 is 0 Å². The highest BCUT2D eigenvalue weighted by molar-refractivity contribution is 5.83. The number of ether oxygens (including phenoxy) is 5. The van der Waals surface area contributed by atoms with Crippen LogP contribution in [-0.2, 0) is 38.1 Å². The zero-order valence-corrected chi connectivity index (χ0v) is 14.8. The van der Waals surface area contributed by atoms with Crippen LogP contribution in [0.1, 0.15) is 13.3 Å². The molecule has 1 unspecified atom stereocenters. The maximum absolute atomic E-state index is 11.7. The first-order valence-corrected chi connectivity index (χ1v) is 8.15. The SMILES string of the molecule is C=CC(=O)O[C@H]1[C@H](OC(=O)C=C)C(COCCC)OC[C@H]1OC(=O)C=C. The van der Waals surface area contributed by atoms with Crippen molar-refractivity contribution in [1.29, 1.82) is 0 Å². The standard InChI is InChI=1S/C18H24O8/c1-5-9-22-10-12-17(25-15(20)7-3)18(26-16(21)8-4)13(11-23-12)24-14(19)6-2/h6-8,12-13,17-18H,2-5,9-11H2,1H3/t12?,13-,17-,18-/m1/s1. The number of carbonyl (C=O) groups is 3. The Balaban J connectivity index is 3.06. The van der Waals surface area contributed by atoms with Gasteiger partial charge in [-0.05, 0) is 6.42 Å². The lowest BCUT2D eigenvalue weighted by atomic mass is 9.99. The van der Waals surface area contributed by atoms with Gasteiger partial charge in [0.05, 0.1) is 13.2 Å². The molecule has 8 heteroatoms. The van der Waals surface area contributed by atoms with Crippen LogP contribution >= 0.6 is 0 Å². The Labute approximate surface area is 152 Å². The van der Waals surface area contributed by atoms with Gasteiger partial charge in [-0.2, -0.15) is 0 Å². The van der Waals surface area contributed by atoms with E-state index in [1.54, 1.807) is 0 Å². The van der Waals surface area contributed by atoms with E-state index in [4.69, 9.17) is 23.7 Å². The lowest BCUT2D eigenvalue weighted by Crippen LogP contribution is -2.58. The predicted molar refractivity (Wildman–Crippen MR) is 91.1 cm³/mol. The molecular formula is C18H24O8. The van der Waals surface area contributed by atoms with E-state index in [2.05, 4.69) is 19.7 Å². The summed E-state index contributed by atoms with van der Waals surface area (Å²) in [6.45, 7) is 12.4. The van der Waals surface area contributed by atoms with Crippen molar-refractivity contribution in [3.05, 3.63) is 38.0 Å². The summed E-state index contributed by atoms with van der Waals surface area (Å²) in [6.07, 6.45) is -0.186. The fourth-order valence-electron chi connectivity index (χ4n) is 2.27. The minimum absolute atomic E-state index is 0.0725. The fourth-order valence-corrected chi connectivity index (χ4v) is 2.27. The molecule has 0 bridgehead atoms. The number of esters is 3. The number of carbonyl (C=O) groups excluding carboxylic acids is 3. The van der Waals surface area contributed by atoms with E-state index in [1.165, 1.54) is 0 Å². The molecule has 1 rings (SSSR count). The average Bonchev–Trinajstić information content (AvgIpc) is 2.65. The van der Waals surface area contributed by atoms with Gasteiger partial charge in [0.25, 0.3) is 0 Å². The van der Waals surface area contributed by atoms with Crippen molar-refractivity contribution < 1.29 is 38.1 Å². The van der Waals surface area contributed by atoms with E-state index in [0.717, 1.165) is 24.6 Å². The first-order valence-electron chi connectivity index (χ1n) is 8.15. The van der Waals surface area contributed by atoms with Crippen LogP contribution in [0.3, 0.4) is 0 Å². The highest BCUT2D eigenvalue weighted by Crippen LogP contribution is 2.25. The first-order chi connectivity index (χ1) is 12.5. The van der Waals surface area contributed by atoms with Crippen LogP contribution in [0.4, 0.5) is 0 Å². The summed E-state index contributed by atoms with van der Waals surface area (Å²) >= 11 is 0. The fraction of sp³-hybridized carbons (Fsp3) is 0.500. The highest BCUT2D eigenvalue weighted by Gasteiger charge is 2.47. The largest absolute Gasteiger partial charge is 0.453 e. The third-order valence-corrected chi connectivity index (χ3v) is 3.43. The molecule has 0 N–H and O–H groups in total. The number of hydrogen-bond acceptors (Lipinski definition) is 8. The third kappa shape index (κ3) is 6.45. The van der Waals surface area contributed by atoms with Gasteiger partial charge in [0.15, 0.2) is 18.3 Å². The quantitative estimate of drug-likeness (QED) is 0.245. The summed E-state index contributed by atoms with van der Waals surface area (Å²) in [5.74, 6) is -2.23. The smallest absolute Gasteiger partial charge is 0.330 e. The van der Waals surface area contributed by atoms with Gasteiger partial charge in [-0.3, -0.25) is 0 Å². The summed E-state index contributed by atoms with van der Waals surface area (Å²) in [6, 6.07) is 0. The molecule has 1 aliphatic rings. The van der Waals surface area contributed by atoms with Crippen LogP contribution in [0.5, 0.6) is 0 Å². The average molecular weight is 368 g/mol. The molecule has 1 heterocycles. The first kappa shape index (κ1) is 21.6. The Morgan fingerprint density at radius 3 is 2.04 bits per heavy atom. The second kappa shape index (κ2) is 11.2. The maximum Gasteiger partial charge on any atom is 0.330 e. The van der Waals surface area contributed by atoms with E-state index in [0.29, 0.717) is 6.61 Å². The molecule has 0 aromatic carbocycles. The Morgan fingerprint density at radius 1 is 0.962 bits per heavy atom. The molecule has 144 valence electrons. The number of rotatable bonds is 10. The molecule has 0 saturated carbocycles. The third-order valence-electron chi connectivity index (χ3n) is 3.43. The van der Waals surface area contributed by atoms with E-state index >= 15 is 0 Å². The molecule has 1 fully saturated rings. The van der Waals surface area contributed by atoms with Crippen molar-refractivity contribution in [2.45, 2.75) is 37.8 Å². The van der Waals surface area contributed by atoms with Crippen molar-refractivity contribution in [1.82, 2.24) is 0 Å². The van der Waals surface area contributed by atoms with Gasteiger partial charge in [-0.15, -0.1) is 0 Å². The summed E-state index contributed by atoms with van der Waals surface area (Å²) in [5.41, 5.74) is 0. The predicted octanol–water partition coefficient (Wildman–Crippen LogP) is 1.11. The molecule has 0 radical (unpaired) electrons. The summed E-state index contributed by atoms with van der Waals surface area (Å²) in [4.78, 5) is 35.0. The Morgan fingerprint density at radius 2 is 1.50 bits per heavy atom. The van der Waals surface area contributed by atoms with Crippen LogP contribution in [0.25, 0.3) is 0 Å². The van der Waals surface area contributed by atoms with Gasteiger partial charge in [0.2, 0.25) is 0 Å². The zero-order chi connectivity index (χ0) is 19.5. The van der Waals surface area contributed by atoms with Crippen molar-refractivity contribution in [2.24, 2.45) is 0 Å². The van der Waals surface area contributed by atoms with Gasteiger partial charge < -0.3 is 23.7 Å². The minimum atomic E-state index is -1.10. The van der Waals surface area contributed by atoms with Crippen molar-refractivity contribution >= 4 is 17.9 Å². The minimum Gasteiger partial charge on any atom is -0.453 e. The lowest BCUT2D eigenvalue weighted by Gasteiger charge is -2.40. The number of hydrogen-bond donors (Lipinski definition) is 0. The molecule has 8 nitrogen and oxygen atoms in total. The highest BCUT2D eigenvalue weighted by atomic mass is 16.6. The van der Waals surface area contributed by atoms with E-state index < -0.39 is 42.3 Å². The Hall–Kier alpha value is -2.45. The van der Waals surface area contributed by atoms with Crippen molar-refractivity contribution in [3.63, 3.8) is 0 Å². The monoisotopic (exact) mass is 368 g/mol. The normalized spacial score (nSPS) is 24.8. The molecule has 26 heavy (non-hydrogen) atoms. The second-order valence-electron chi connectivity index (χ2n) is 5.34. The molecule has 1 aliphatic heterocycles. The molecular weight excluding hydrogens is 344 g/mol. The molecule has 1 saturated heterocycles. The second-order valence-corrected chi connectivity index (χ2v) is 5.34. The van der Waals surface area contributed by atoms with Gasteiger partial charge in [0.1, 0.15) is 6.10 Å². The van der Waals surface area contributed by atoms with Crippen LogP contribution in [0.15, 0.2) is 38.0 Å². The summed E-state index contributed by atoms with van der Waals surface area (Å²) in [7, 11) is 0. The molecule has 0 aliphatic carbocycles.